The van der Waals surface area contributed by atoms with E-state index in [4.69, 9.17) is 0 Å². The Labute approximate surface area is 116 Å². The number of alkyl halides is 1. The van der Waals surface area contributed by atoms with E-state index in [0.29, 0.717) is 0 Å². The molecule has 0 heterocycles. The van der Waals surface area contributed by atoms with Crippen LogP contribution in [0.1, 0.15) is 78.1 Å². The fourth-order valence-electron chi connectivity index (χ4n) is 2.87. The maximum Gasteiger partial charge on any atom is 0.0109 e. The Kier molecular flexibility index (Phi) is 8.10. The largest absolute Gasteiger partial charge is 0.0826 e. The van der Waals surface area contributed by atoms with Gasteiger partial charge in [-0.2, -0.15) is 0 Å². The van der Waals surface area contributed by atoms with Crippen molar-refractivity contribution >= 4 is 22.6 Å². The Morgan fingerprint density at radius 3 is 2.38 bits per heavy atom. The van der Waals surface area contributed by atoms with Crippen LogP contribution in [0.5, 0.6) is 0 Å². The summed E-state index contributed by atoms with van der Waals surface area (Å²) < 4.78 is 0.939. The summed E-state index contributed by atoms with van der Waals surface area (Å²) in [6.45, 7) is 4.72. The van der Waals surface area contributed by atoms with Crippen LogP contribution in [-0.4, -0.2) is 3.92 Å². The van der Waals surface area contributed by atoms with Gasteiger partial charge in [0.15, 0.2) is 0 Å². The van der Waals surface area contributed by atoms with Crippen molar-refractivity contribution in [3.05, 3.63) is 0 Å². The van der Waals surface area contributed by atoms with Crippen molar-refractivity contribution in [3.63, 3.8) is 0 Å². The van der Waals surface area contributed by atoms with E-state index in [1.165, 1.54) is 64.2 Å². The molecule has 1 unspecified atom stereocenters. The van der Waals surface area contributed by atoms with Gasteiger partial charge >= 0.3 is 0 Å². The van der Waals surface area contributed by atoms with E-state index >= 15 is 0 Å². The molecule has 1 aliphatic carbocycles. The lowest BCUT2D eigenvalue weighted by Crippen LogP contribution is -2.12. The van der Waals surface area contributed by atoms with E-state index < -0.39 is 0 Å². The second-order valence-electron chi connectivity index (χ2n) is 5.80. The zero-order valence-corrected chi connectivity index (χ0v) is 13.3. The molecule has 1 fully saturated rings. The van der Waals surface area contributed by atoms with Gasteiger partial charge < -0.3 is 0 Å². The molecule has 0 aromatic carbocycles. The first-order valence-corrected chi connectivity index (χ1v) is 8.61. The van der Waals surface area contributed by atoms with Crippen molar-refractivity contribution in [1.82, 2.24) is 0 Å². The smallest absolute Gasteiger partial charge is 0.0109 e. The van der Waals surface area contributed by atoms with Crippen LogP contribution in [0.3, 0.4) is 0 Å². The molecule has 0 bridgehead atoms. The third-order valence-electron chi connectivity index (χ3n) is 4.12. The third-order valence-corrected chi connectivity index (χ3v) is 5.36. The summed E-state index contributed by atoms with van der Waals surface area (Å²) in [6, 6.07) is 0. The molecule has 0 N–H and O–H groups in total. The monoisotopic (exact) mass is 336 g/mol. The third kappa shape index (κ3) is 6.46. The van der Waals surface area contributed by atoms with E-state index in [-0.39, 0.29) is 0 Å². The van der Waals surface area contributed by atoms with Crippen molar-refractivity contribution < 1.29 is 0 Å². The van der Waals surface area contributed by atoms with Crippen LogP contribution in [0.15, 0.2) is 0 Å². The van der Waals surface area contributed by atoms with Gasteiger partial charge in [0.05, 0.1) is 0 Å². The van der Waals surface area contributed by atoms with Gasteiger partial charge in [-0.1, -0.05) is 87.8 Å². The van der Waals surface area contributed by atoms with Gasteiger partial charge in [-0.3, -0.25) is 0 Å². The maximum atomic E-state index is 2.64. The first-order chi connectivity index (χ1) is 7.72. The van der Waals surface area contributed by atoms with Gasteiger partial charge in [0, 0.05) is 3.92 Å². The summed E-state index contributed by atoms with van der Waals surface area (Å²) in [5, 5.41) is 0. The predicted octanol–water partition coefficient (Wildman–Crippen LogP) is 5.98. The minimum absolute atomic E-state index is 0.939. The number of halogens is 1. The lowest BCUT2D eigenvalue weighted by Gasteiger charge is -2.26. The summed E-state index contributed by atoms with van der Waals surface area (Å²) in [4.78, 5) is 0. The molecule has 1 saturated carbocycles. The Morgan fingerprint density at radius 2 is 1.75 bits per heavy atom. The van der Waals surface area contributed by atoms with E-state index in [0.717, 1.165) is 15.8 Å². The first kappa shape index (κ1) is 14.8. The van der Waals surface area contributed by atoms with Gasteiger partial charge in [-0.25, -0.2) is 0 Å². The summed E-state index contributed by atoms with van der Waals surface area (Å²) in [7, 11) is 0. The Bertz CT molecular complexity index is 159. The van der Waals surface area contributed by atoms with Gasteiger partial charge in [-0.05, 0) is 24.7 Å². The fourth-order valence-corrected chi connectivity index (χ4v) is 3.94. The minimum Gasteiger partial charge on any atom is -0.0826 e. The highest BCUT2D eigenvalue weighted by Gasteiger charge is 2.17. The summed E-state index contributed by atoms with van der Waals surface area (Å²) in [5.41, 5.74) is 0. The highest BCUT2D eigenvalue weighted by Crippen LogP contribution is 2.31. The summed E-state index contributed by atoms with van der Waals surface area (Å²) in [5.74, 6) is 2.09. The van der Waals surface area contributed by atoms with Crippen LogP contribution in [-0.2, 0) is 0 Å². The van der Waals surface area contributed by atoms with E-state index in [2.05, 4.69) is 36.4 Å². The van der Waals surface area contributed by atoms with Crippen LogP contribution in [0.2, 0.25) is 0 Å². The van der Waals surface area contributed by atoms with Crippen LogP contribution in [0.4, 0.5) is 0 Å². The maximum absolute atomic E-state index is 2.64. The standard InChI is InChI=1S/C15H29I/c1-3-6-15(16)8-5-4-7-14-11-9-13(2)10-12-14/h13-15H,3-12H2,1-2H3. The van der Waals surface area contributed by atoms with Crippen LogP contribution in [0.25, 0.3) is 0 Å². The second kappa shape index (κ2) is 8.77. The predicted molar refractivity (Wildman–Crippen MR) is 82.3 cm³/mol. The number of rotatable bonds is 7. The van der Waals surface area contributed by atoms with E-state index in [9.17, 15) is 0 Å². The average Bonchev–Trinajstić information content (AvgIpc) is 2.27. The molecule has 0 radical (unpaired) electrons. The molecule has 1 heteroatoms. The van der Waals surface area contributed by atoms with Crippen molar-refractivity contribution in [2.24, 2.45) is 11.8 Å². The Hall–Kier alpha value is 0.730. The number of hydrogen-bond acceptors (Lipinski definition) is 0. The number of hydrogen-bond donors (Lipinski definition) is 0. The van der Waals surface area contributed by atoms with Crippen molar-refractivity contribution in [1.29, 1.82) is 0 Å². The van der Waals surface area contributed by atoms with E-state index in [1.54, 1.807) is 0 Å². The summed E-state index contributed by atoms with van der Waals surface area (Å²) >= 11 is 2.64. The van der Waals surface area contributed by atoms with Crippen molar-refractivity contribution in [2.45, 2.75) is 82.0 Å². The Morgan fingerprint density at radius 1 is 1.06 bits per heavy atom. The molecule has 0 saturated heterocycles. The molecule has 96 valence electrons. The lowest BCUT2D eigenvalue weighted by atomic mass is 9.80. The van der Waals surface area contributed by atoms with Crippen LogP contribution < -0.4 is 0 Å². The molecule has 1 atom stereocenters. The highest BCUT2D eigenvalue weighted by molar-refractivity contribution is 14.1. The molecular formula is C15H29I. The second-order valence-corrected chi connectivity index (χ2v) is 7.56. The van der Waals surface area contributed by atoms with Gasteiger partial charge in [0.1, 0.15) is 0 Å². The van der Waals surface area contributed by atoms with Gasteiger partial charge in [-0.15, -0.1) is 0 Å². The number of unbranched alkanes of at least 4 members (excludes halogenated alkanes) is 1. The van der Waals surface area contributed by atoms with Gasteiger partial charge in [0.2, 0.25) is 0 Å². The topological polar surface area (TPSA) is 0 Å². The molecule has 0 nitrogen and oxygen atoms in total. The van der Waals surface area contributed by atoms with Crippen molar-refractivity contribution in [2.75, 3.05) is 0 Å². The van der Waals surface area contributed by atoms with Crippen LogP contribution in [0, 0.1) is 11.8 Å². The Balaban J connectivity index is 1.95. The molecular weight excluding hydrogens is 307 g/mol. The molecule has 0 aromatic heterocycles. The summed E-state index contributed by atoms with van der Waals surface area (Å²) in [6.07, 6.45) is 14.7. The lowest BCUT2D eigenvalue weighted by molar-refractivity contribution is 0.271. The molecule has 0 amide bonds. The normalized spacial score (nSPS) is 27.9. The zero-order chi connectivity index (χ0) is 11.8. The van der Waals surface area contributed by atoms with Crippen molar-refractivity contribution in [3.8, 4) is 0 Å². The first-order valence-electron chi connectivity index (χ1n) is 7.36. The zero-order valence-electron chi connectivity index (χ0n) is 11.2. The average molecular weight is 336 g/mol. The molecule has 16 heavy (non-hydrogen) atoms. The minimum atomic E-state index is 0.939. The molecule has 0 aromatic rings. The highest BCUT2D eigenvalue weighted by atomic mass is 127. The molecule has 0 spiro atoms. The molecule has 0 aliphatic heterocycles. The molecule has 1 rings (SSSR count). The van der Waals surface area contributed by atoms with E-state index in [1.807, 2.05) is 0 Å². The van der Waals surface area contributed by atoms with Crippen LogP contribution >= 0.6 is 22.6 Å². The SMILES string of the molecule is CCCC(I)CCCCC1CCC(C)CC1. The fraction of sp³-hybridized carbons (Fsp3) is 1.00. The van der Waals surface area contributed by atoms with Gasteiger partial charge in [0.25, 0.3) is 0 Å². The quantitative estimate of drug-likeness (QED) is 0.305. The molecule has 1 aliphatic rings.